The fourth-order valence-electron chi connectivity index (χ4n) is 5.06. The Balaban J connectivity index is 0.000000189. The number of benzene rings is 4. The number of fused-ring (bicyclic) bond motifs is 2. The highest BCUT2D eigenvalue weighted by molar-refractivity contribution is 6.10. The molecule has 0 spiro atoms. The van der Waals surface area contributed by atoms with Gasteiger partial charge >= 0.3 is 11.6 Å². The van der Waals surface area contributed by atoms with Crippen molar-refractivity contribution in [3.63, 3.8) is 0 Å². The third kappa shape index (κ3) is 7.70. The largest absolute Gasteiger partial charge is 0.507 e. The van der Waals surface area contributed by atoms with Crippen molar-refractivity contribution >= 4 is 28.8 Å². The van der Waals surface area contributed by atoms with Gasteiger partial charge in [0.15, 0.2) is 5.78 Å². The summed E-state index contributed by atoms with van der Waals surface area (Å²) in [6, 6.07) is 28.1. The number of methoxy groups -OCH3 is 2. The Labute approximate surface area is 271 Å². The highest BCUT2D eigenvalue weighted by Gasteiger charge is 2.40. The van der Waals surface area contributed by atoms with Gasteiger partial charge in [0.2, 0.25) is 0 Å². The summed E-state index contributed by atoms with van der Waals surface area (Å²) in [4.78, 5) is 36.0. The average molecular weight is 635 g/mol. The summed E-state index contributed by atoms with van der Waals surface area (Å²) >= 11 is 0. The highest BCUT2D eigenvalue weighted by Crippen LogP contribution is 2.37. The Morgan fingerprint density at radius 1 is 0.894 bits per heavy atom. The molecule has 240 valence electrons. The van der Waals surface area contributed by atoms with E-state index in [1.165, 1.54) is 32.4 Å². The number of hydrogen-bond donors (Lipinski definition) is 1. The second-order valence-electron chi connectivity index (χ2n) is 11.3. The maximum absolute atomic E-state index is 12.4. The van der Waals surface area contributed by atoms with Crippen molar-refractivity contribution in [1.29, 1.82) is 0 Å². The van der Waals surface area contributed by atoms with Gasteiger partial charge in [-0.25, -0.2) is 9.59 Å². The lowest BCUT2D eigenvalue weighted by atomic mass is 9.96. The van der Waals surface area contributed by atoms with Crippen LogP contribution in [0.2, 0.25) is 0 Å². The number of carbonyl (C=O) groups excluding carboxylic acids is 2. The van der Waals surface area contributed by atoms with Gasteiger partial charge in [-0.2, -0.15) is 0 Å². The summed E-state index contributed by atoms with van der Waals surface area (Å²) in [7, 11) is 2.91. The van der Waals surface area contributed by atoms with Gasteiger partial charge in [-0.3, -0.25) is 4.79 Å². The Bertz CT molecular complexity index is 1980. The van der Waals surface area contributed by atoms with Crippen molar-refractivity contribution in [2.75, 3.05) is 14.2 Å². The second kappa shape index (κ2) is 14.1. The maximum atomic E-state index is 12.4. The lowest BCUT2D eigenvalue weighted by molar-refractivity contribution is -0.0517. The number of aromatic hydroxyl groups is 1. The van der Waals surface area contributed by atoms with E-state index >= 15 is 0 Å². The molecule has 0 aliphatic carbocycles. The third-order valence-electron chi connectivity index (χ3n) is 7.60. The molecule has 0 radical (unpaired) electrons. The van der Waals surface area contributed by atoms with Crippen LogP contribution in [0.1, 0.15) is 45.7 Å². The van der Waals surface area contributed by atoms with Crippen LogP contribution in [0.4, 0.5) is 0 Å². The fourth-order valence-corrected chi connectivity index (χ4v) is 5.06. The molecule has 9 heteroatoms. The first-order valence-electron chi connectivity index (χ1n) is 14.8. The number of esters is 1. The van der Waals surface area contributed by atoms with Gasteiger partial charge in [0, 0.05) is 36.1 Å². The molecule has 1 aliphatic heterocycles. The molecule has 0 saturated heterocycles. The van der Waals surface area contributed by atoms with Crippen LogP contribution in [0.15, 0.2) is 112 Å². The normalized spacial score (nSPS) is 13.7. The van der Waals surface area contributed by atoms with Gasteiger partial charge < -0.3 is 28.5 Å². The predicted molar refractivity (Wildman–Crippen MR) is 178 cm³/mol. The Kier molecular flexibility index (Phi) is 9.75. The topological polar surface area (TPSA) is 122 Å². The monoisotopic (exact) mass is 634 g/mol. The summed E-state index contributed by atoms with van der Waals surface area (Å²) in [5.74, 6) is 0.458. The minimum atomic E-state index is -0.820. The first-order valence-corrected chi connectivity index (χ1v) is 14.8. The molecular weight excluding hydrogens is 600 g/mol. The van der Waals surface area contributed by atoms with Crippen LogP contribution >= 0.6 is 0 Å². The SMILES string of the molecule is CC(C)(OC(=O)c1ccccc1)C1Cc2cc3ccc(=O)oc3cc2O1.COc1cc(O)c(C(=O)C=Cc2ccccc2)c(OC)c1. The number of ether oxygens (including phenoxy) is 4. The molecule has 1 aromatic heterocycles. The van der Waals surface area contributed by atoms with E-state index in [0.717, 1.165) is 16.5 Å². The van der Waals surface area contributed by atoms with Crippen LogP contribution in [0.3, 0.4) is 0 Å². The molecule has 5 aromatic rings. The summed E-state index contributed by atoms with van der Waals surface area (Å²) in [6.07, 6.45) is 3.37. The van der Waals surface area contributed by atoms with Crippen molar-refractivity contribution in [2.24, 2.45) is 0 Å². The zero-order chi connectivity index (χ0) is 33.6. The minimum Gasteiger partial charge on any atom is -0.507 e. The van der Waals surface area contributed by atoms with Gasteiger partial charge in [-0.15, -0.1) is 0 Å². The first-order chi connectivity index (χ1) is 22.6. The van der Waals surface area contributed by atoms with Crippen molar-refractivity contribution in [2.45, 2.75) is 32.0 Å². The molecule has 0 amide bonds. The molecular formula is C38H34O9. The molecule has 9 nitrogen and oxygen atoms in total. The number of allylic oxidation sites excluding steroid dienone is 1. The predicted octanol–water partition coefficient (Wildman–Crippen LogP) is 7.04. The third-order valence-corrected chi connectivity index (χ3v) is 7.60. The Hall–Kier alpha value is -5.83. The molecule has 6 rings (SSSR count). The summed E-state index contributed by atoms with van der Waals surface area (Å²) in [5.41, 5.74) is 1.78. The average Bonchev–Trinajstić information content (AvgIpc) is 3.50. The van der Waals surface area contributed by atoms with E-state index in [4.69, 9.17) is 23.4 Å². The number of ketones is 1. The quantitative estimate of drug-likeness (QED) is 0.0829. The van der Waals surface area contributed by atoms with E-state index in [9.17, 15) is 19.5 Å². The minimum absolute atomic E-state index is 0.116. The highest BCUT2D eigenvalue weighted by atomic mass is 16.6. The molecule has 2 heterocycles. The first kappa shape index (κ1) is 32.6. The zero-order valence-corrected chi connectivity index (χ0v) is 26.4. The Morgan fingerprint density at radius 2 is 1.60 bits per heavy atom. The molecule has 0 bridgehead atoms. The van der Waals surface area contributed by atoms with E-state index in [1.807, 2.05) is 56.3 Å². The lowest BCUT2D eigenvalue weighted by Gasteiger charge is -2.30. The molecule has 1 atom stereocenters. The molecule has 1 aliphatic rings. The van der Waals surface area contributed by atoms with Crippen LogP contribution in [0.25, 0.3) is 17.0 Å². The zero-order valence-electron chi connectivity index (χ0n) is 26.4. The van der Waals surface area contributed by atoms with E-state index in [1.54, 1.807) is 48.5 Å². The standard InChI is InChI=1S/C21H18O5.C17H16O4/c1-21(2,26-20(23)13-6-4-3-5-7-13)18-11-15-10-14-8-9-19(22)25-16(14)12-17(15)24-18;1-20-13-10-15(19)17(16(11-13)21-2)14(18)9-8-12-6-4-3-5-7-12/h3-10,12,18H,11H2,1-2H3;3-11,19H,1-2H3. The van der Waals surface area contributed by atoms with Gasteiger partial charge in [0.1, 0.15) is 45.8 Å². The molecule has 1 N–H and O–H groups in total. The lowest BCUT2D eigenvalue weighted by Crippen LogP contribution is -2.43. The fraction of sp³-hybridized carbons (Fsp3) is 0.184. The summed E-state index contributed by atoms with van der Waals surface area (Å²) < 4.78 is 27.1. The van der Waals surface area contributed by atoms with E-state index in [-0.39, 0.29) is 34.9 Å². The smallest absolute Gasteiger partial charge is 0.338 e. The molecule has 4 aromatic carbocycles. The van der Waals surface area contributed by atoms with Crippen LogP contribution in [0.5, 0.6) is 23.0 Å². The van der Waals surface area contributed by atoms with Gasteiger partial charge in [-0.05, 0) is 55.3 Å². The van der Waals surface area contributed by atoms with Gasteiger partial charge in [0.05, 0.1) is 19.8 Å². The number of phenols is 1. The van der Waals surface area contributed by atoms with Crippen molar-refractivity contribution < 1.29 is 38.1 Å². The van der Waals surface area contributed by atoms with Crippen LogP contribution in [-0.2, 0) is 11.2 Å². The van der Waals surface area contributed by atoms with Crippen LogP contribution in [0, 0.1) is 0 Å². The second-order valence-corrected chi connectivity index (χ2v) is 11.3. The maximum Gasteiger partial charge on any atom is 0.338 e. The van der Waals surface area contributed by atoms with Gasteiger partial charge in [0.25, 0.3) is 0 Å². The van der Waals surface area contributed by atoms with E-state index in [0.29, 0.717) is 29.1 Å². The number of rotatable bonds is 8. The number of phenolic OH excluding ortho intramolecular Hbond substituents is 1. The van der Waals surface area contributed by atoms with Crippen LogP contribution in [-0.4, -0.2) is 42.8 Å². The van der Waals surface area contributed by atoms with Crippen molar-refractivity contribution in [3.8, 4) is 23.0 Å². The van der Waals surface area contributed by atoms with Gasteiger partial charge in [-0.1, -0.05) is 54.6 Å². The molecule has 0 fully saturated rings. The molecule has 47 heavy (non-hydrogen) atoms. The van der Waals surface area contributed by atoms with Crippen molar-refractivity contribution in [1.82, 2.24) is 0 Å². The number of carbonyl (C=O) groups is 2. The summed E-state index contributed by atoms with van der Waals surface area (Å²) in [6.45, 7) is 3.68. The van der Waals surface area contributed by atoms with E-state index < -0.39 is 11.2 Å². The van der Waals surface area contributed by atoms with Crippen molar-refractivity contribution in [3.05, 3.63) is 136 Å². The van der Waals surface area contributed by atoms with Crippen LogP contribution < -0.4 is 19.8 Å². The molecule has 1 unspecified atom stereocenters. The Morgan fingerprint density at radius 3 is 2.28 bits per heavy atom. The molecule has 0 saturated carbocycles. The summed E-state index contributed by atoms with van der Waals surface area (Å²) in [5, 5.41) is 10.8. The number of hydrogen-bond acceptors (Lipinski definition) is 9. The van der Waals surface area contributed by atoms with E-state index in [2.05, 4.69) is 0 Å².